The van der Waals surface area contributed by atoms with Gasteiger partial charge < -0.3 is 14.0 Å². The van der Waals surface area contributed by atoms with Crippen molar-refractivity contribution in [1.29, 1.82) is 0 Å². The number of para-hydroxylation sites is 2. The summed E-state index contributed by atoms with van der Waals surface area (Å²) < 4.78 is 5.21. The first kappa shape index (κ1) is 43.7. The zero-order chi connectivity index (χ0) is 48.5. The Morgan fingerprint density at radius 1 is 0.639 bits per heavy atom. The Kier molecular flexibility index (Phi) is 10.2. The summed E-state index contributed by atoms with van der Waals surface area (Å²) in [6.07, 6.45) is 32.2. The van der Waals surface area contributed by atoms with E-state index in [0.29, 0.717) is 23.9 Å². The highest BCUT2D eigenvalue weighted by atomic mass is 15.2. The van der Waals surface area contributed by atoms with Gasteiger partial charge in [0.05, 0.1) is 28.8 Å². The van der Waals surface area contributed by atoms with E-state index in [1.165, 1.54) is 123 Å². The largest absolute Gasteiger partial charge is 0.356 e. The molecule has 14 rings (SSSR count). The second-order valence-electron chi connectivity index (χ2n) is 22.4. The minimum Gasteiger partial charge on any atom is -0.356 e. The Bertz CT molecular complexity index is 3740. The van der Waals surface area contributed by atoms with Gasteiger partial charge in [-0.05, 0) is 185 Å². The monoisotopic (exact) mass is 936 g/mol. The van der Waals surface area contributed by atoms with Gasteiger partial charge in [0.15, 0.2) is 0 Å². The molecular weight excluding hydrogens is 871 g/mol. The lowest BCUT2D eigenvalue weighted by Crippen LogP contribution is -2.45. The SMILES string of the molecule is CC1=CC(C)C(N2c3ccccc3C3=CC(n4c5ccccc5c5cc(-c6ccc7c(c6)C6=C(C=CCC6)C7CCC6=Cc7c8c(n(-c9c(C)cc(C)cc9C)c7CC6)CCC=C8)ccc54)=CCC32)C(C)=C1. The van der Waals surface area contributed by atoms with Crippen molar-refractivity contribution in [3.63, 3.8) is 0 Å². The molecule has 0 fully saturated rings. The van der Waals surface area contributed by atoms with E-state index in [4.69, 9.17) is 0 Å². The molecule has 0 spiro atoms. The number of allylic oxidation sites excluding steroid dienone is 10. The third-order valence-corrected chi connectivity index (χ3v) is 17.8. The van der Waals surface area contributed by atoms with Gasteiger partial charge in [0.2, 0.25) is 0 Å². The number of anilines is 1. The topological polar surface area (TPSA) is 13.1 Å². The number of nitrogens with zero attached hydrogens (tertiary/aromatic N) is 3. The number of hydrogen-bond donors (Lipinski definition) is 0. The second-order valence-corrected chi connectivity index (χ2v) is 22.4. The Morgan fingerprint density at radius 2 is 1.40 bits per heavy atom. The lowest BCUT2D eigenvalue weighted by atomic mass is 9.85. The van der Waals surface area contributed by atoms with Crippen LogP contribution in [0.25, 0.3) is 67.6 Å². The van der Waals surface area contributed by atoms with Crippen LogP contribution in [0.15, 0.2) is 162 Å². The predicted octanol–water partition coefficient (Wildman–Crippen LogP) is 17.6. The highest BCUT2D eigenvalue weighted by molar-refractivity contribution is 6.12. The normalized spacial score (nSPS) is 21.7. The highest BCUT2D eigenvalue weighted by Crippen LogP contribution is 2.52. The lowest BCUT2D eigenvalue weighted by Gasteiger charge is -2.41. The maximum Gasteiger partial charge on any atom is 0.0591 e. The fourth-order valence-corrected chi connectivity index (χ4v) is 15.1. The number of benzene rings is 5. The molecule has 7 aromatic rings. The summed E-state index contributed by atoms with van der Waals surface area (Å²) in [6.45, 7) is 13.8. The van der Waals surface area contributed by atoms with Crippen LogP contribution >= 0.6 is 0 Å². The quantitative estimate of drug-likeness (QED) is 0.155. The molecule has 2 aromatic heterocycles. The van der Waals surface area contributed by atoms with Gasteiger partial charge in [-0.1, -0.05) is 145 Å². The van der Waals surface area contributed by atoms with Crippen LogP contribution in [-0.2, 0) is 12.8 Å². The molecule has 0 radical (unpaired) electrons. The molecule has 3 nitrogen and oxygen atoms in total. The van der Waals surface area contributed by atoms with Gasteiger partial charge in [-0.25, -0.2) is 0 Å². The van der Waals surface area contributed by atoms with Gasteiger partial charge in [-0.3, -0.25) is 0 Å². The summed E-state index contributed by atoms with van der Waals surface area (Å²) in [6, 6.07) is 38.3. The smallest absolute Gasteiger partial charge is 0.0591 e. The number of aromatic nitrogens is 2. The maximum atomic E-state index is 2.74. The second kappa shape index (κ2) is 16.7. The number of hydrogen-bond acceptors (Lipinski definition) is 1. The van der Waals surface area contributed by atoms with Crippen LogP contribution in [0.1, 0.15) is 128 Å². The molecule has 4 unspecified atom stereocenters. The average Bonchev–Trinajstić information content (AvgIpc) is 4.10. The molecule has 1 aliphatic heterocycles. The third-order valence-electron chi connectivity index (χ3n) is 17.8. The fraction of sp³-hybridized carbons (Fsp3) is 0.275. The highest BCUT2D eigenvalue weighted by Gasteiger charge is 2.42. The van der Waals surface area contributed by atoms with Gasteiger partial charge in [-0.2, -0.15) is 0 Å². The molecule has 0 bridgehead atoms. The Morgan fingerprint density at radius 3 is 2.28 bits per heavy atom. The van der Waals surface area contributed by atoms with E-state index in [1.807, 2.05) is 0 Å². The van der Waals surface area contributed by atoms with Crippen LogP contribution in [0.5, 0.6) is 0 Å². The van der Waals surface area contributed by atoms with Crippen molar-refractivity contribution in [3.05, 3.63) is 218 Å². The van der Waals surface area contributed by atoms with E-state index in [1.54, 1.807) is 16.7 Å². The van der Waals surface area contributed by atoms with Crippen molar-refractivity contribution >= 4 is 56.5 Å². The van der Waals surface area contributed by atoms with Gasteiger partial charge in [0.25, 0.3) is 0 Å². The number of fused-ring (bicyclic) bond motifs is 11. The first-order valence-electron chi connectivity index (χ1n) is 27.1. The fourth-order valence-electron chi connectivity index (χ4n) is 15.1. The lowest BCUT2D eigenvalue weighted by molar-refractivity contribution is 0.517. The minimum atomic E-state index is 0.315. The van der Waals surface area contributed by atoms with Gasteiger partial charge in [-0.15, -0.1) is 0 Å². The number of rotatable bonds is 7. The van der Waals surface area contributed by atoms with Gasteiger partial charge in [0.1, 0.15) is 0 Å². The Balaban J connectivity index is 0.778. The zero-order valence-electron chi connectivity index (χ0n) is 42.9. The molecule has 3 heteroatoms. The Hall–Kier alpha value is -7.10. The summed E-state index contributed by atoms with van der Waals surface area (Å²) in [5.41, 5.74) is 32.7. The first-order valence-corrected chi connectivity index (χ1v) is 27.1. The van der Waals surface area contributed by atoms with Crippen LogP contribution in [0.3, 0.4) is 0 Å². The van der Waals surface area contributed by atoms with E-state index in [-0.39, 0.29) is 0 Å². The average molecular weight is 936 g/mol. The standard InChI is InChI=1S/C69H65N3/c1-41-33-43(3)68(44(4)34-41)71-63-21-13-10-17-55(63)59-37-47(24-30-66(59)71)23-28-53-51-15-7-8-16-52(51)58-38-48(25-29-54(53)58)49-26-31-65-60(39-49)56-18-9-12-20-62(56)70(65)50-27-32-67-61(40-50)57-19-11-14-22-64(57)72(67)69-45(5)35-42(2)36-46(69)6/h7,9-12,14-15,17-20,22,25-27,29,31,33-40,45,53,67,69H,8,13,16,21,23-24,28,30,32H2,1-6H3. The van der Waals surface area contributed by atoms with E-state index in [2.05, 4.69) is 207 Å². The van der Waals surface area contributed by atoms with Crippen LogP contribution in [0.4, 0.5) is 5.69 Å². The first-order chi connectivity index (χ1) is 35.2. The molecule has 356 valence electrons. The van der Waals surface area contributed by atoms with E-state index in [0.717, 1.165) is 57.8 Å². The molecule has 72 heavy (non-hydrogen) atoms. The summed E-state index contributed by atoms with van der Waals surface area (Å²) in [4.78, 5) is 2.74. The zero-order valence-corrected chi connectivity index (χ0v) is 42.9. The summed E-state index contributed by atoms with van der Waals surface area (Å²) in [5, 5.41) is 2.63. The van der Waals surface area contributed by atoms with Crippen molar-refractivity contribution in [2.45, 2.75) is 117 Å². The van der Waals surface area contributed by atoms with E-state index >= 15 is 0 Å². The minimum absolute atomic E-state index is 0.315. The van der Waals surface area contributed by atoms with Crippen LogP contribution in [0.2, 0.25) is 0 Å². The van der Waals surface area contributed by atoms with Crippen molar-refractivity contribution in [2.75, 3.05) is 4.90 Å². The molecule has 4 atom stereocenters. The summed E-state index contributed by atoms with van der Waals surface area (Å²) in [7, 11) is 0. The Labute approximate surface area is 426 Å². The molecule has 0 saturated carbocycles. The van der Waals surface area contributed by atoms with Crippen molar-refractivity contribution in [1.82, 2.24) is 9.13 Å². The molecule has 0 amide bonds. The number of aryl methyl sites for hydroxylation is 3. The molecule has 0 N–H and O–H groups in total. The van der Waals surface area contributed by atoms with E-state index < -0.39 is 0 Å². The summed E-state index contributed by atoms with van der Waals surface area (Å²) in [5.74, 6) is 0.879. The summed E-state index contributed by atoms with van der Waals surface area (Å²) >= 11 is 0. The van der Waals surface area contributed by atoms with Crippen LogP contribution < -0.4 is 4.90 Å². The molecule has 7 aliphatic rings. The third kappa shape index (κ3) is 6.68. The molecular formula is C69H65N3. The molecule has 0 saturated heterocycles. The van der Waals surface area contributed by atoms with Crippen LogP contribution in [-0.4, -0.2) is 21.2 Å². The van der Waals surface area contributed by atoms with Crippen molar-refractivity contribution in [3.8, 4) is 16.8 Å². The van der Waals surface area contributed by atoms with Gasteiger partial charge in [0, 0.05) is 56.2 Å². The van der Waals surface area contributed by atoms with Gasteiger partial charge >= 0.3 is 0 Å². The van der Waals surface area contributed by atoms with Crippen molar-refractivity contribution in [2.24, 2.45) is 5.92 Å². The van der Waals surface area contributed by atoms with Crippen LogP contribution in [0, 0.1) is 26.7 Å². The van der Waals surface area contributed by atoms with E-state index in [9.17, 15) is 0 Å². The molecule has 5 aromatic carbocycles. The molecule has 3 heterocycles. The molecule has 6 aliphatic carbocycles. The maximum absolute atomic E-state index is 2.74. The predicted molar refractivity (Wildman–Crippen MR) is 306 cm³/mol. The van der Waals surface area contributed by atoms with Crippen molar-refractivity contribution < 1.29 is 0 Å².